The van der Waals surface area contributed by atoms with Gasteiger partial charge in [-0.1, -0.05) is 12.8 Å². The third-order valence-corrected chi connectivity index (χ3v) is 5.81. The van der Waals surface area contributed by atoms with Crippen molar-refractivity contribution in [3.05, 3.63) is 54.1 Å². The quantitative estimate of drug-likeness (QED) is 0.401. The van der Waals surface area contributed by atoms with Crippen molar-refractivity contribution in [1.29, 1.82) is 0 Å². The summed E-state index contributed by atoms with van der Waals surface area (Å²) in [6.45, 7) is 0. The van der Waals surface area contributed by atoms with E-state index in [0.717, 1.165) is 31.7 Å². The minimum atomic E-state index is -1.35. The third-order valence-electron chi connectivity index (χ3n) is 4.68. The van der Waals surface area contributed by atoms with Gasteiger partial charge in [-0.2, -0.15) is 4.39 Å². The predicted molar refractivity (Wildman–Crippen MR) is 110 cm³/mol. The Hall–Kier alpha value is -3.01. The Kier molecular flexibility index (Phi) is 5.93. The highest BCUT2D eigenvalue weighted by atomic mass is 32.2. The molecule has 0 atom stereocenters. The van der Waals surface area contributed by atoms with Gasteiger partial charge in [-0.05, 0) is 43.0 Å². The molecular weight excluding hydrogens is 415 g/mol. The van der Waals surface area contributed by atoms with Crippen LogP contribution in [0.3, 0.4) is 0 Å². The smallest absolute Gasteiger partial charge is 0.228 e. The summed E-state index contributed by atoms with van der Waals surface area (Å²) in [7, 11) is 0. The lowest BCUT2D eigenvalue weighted by molar-refractivity contribution is 0.401. The molecule has 1 saturated carbocycles. The summed E-state index contributed by atoms with van der Waals surface area (Å²) in [6.07, 6.45) is 6.92. The van der Waals surface area contributed by atoms with E-state index >= 15 is 0 Å². The average Bonchev–Trinajstić information content (AvgIpc) is 3.26. The van der Waals surface area contributed by atoms with Crippen molar-refractivity contribution in [2.45, 2.75) is 30.9 Å². The van der Waals surface area contributed by atoms with E-state index in [1.807, 2.05) is 0 Å². The fourth-order valence-electron chi connectivity index (χ4n) is 3.18. The molecule has 6 nitrogen and oxygen atoms in total. The first-order valence-electron chi connectivity index (χ1n) is 9.34. The molecule has 4 rings (SSSR count). The number of nitrogens with one attached hydrogen (secondary N) is 1. The summed E-state index contributed by atoms with van der Waals surface area (Å²) < 4.78 is 51.8. The summed E-state index contributed by atoms with van der Waals surface area (Å²) in [5.74, 6) is -4.29. The van der Waals surface area contributed by atoms with E-state index in [9.17, 15) is 13.2 Å². The number of ether oxygens (including phenoxy) is 1. The summed E-state index contributed by atoms with van der Waals surface area (Å²) in [6, 6.07) is 5.59. The molecule has 156 valence electrons. The van der Waals surface area contributed by atoms with Crippen LogP contribution in [0.1, 0.15) is 25.7 Å². The Labute approximate surface area is 175 Å². The molecule has 0 saturated heterocycles. The van der Waals surface area contributed by atoms with E-state index in [-0.39, 0.29) is 17.1 Å². The van der Waals surface area contributed by atoms with Gasteiger partial charge in [0.25, 0.3) is 0 Å². The summed E-state index contributed by atoms with van der Waals surface area (Å²) in [5.41, 5.74) is 5.81. The highest BCUT2D eigenvalue weighted by Crippen LogP contribution is 2.37. The molecule has 3 N–H and O–H groups in total. The molecule has 2 heterocycles. The van der Waals surface area contributed by atoms with E-state index in [1.165, 1.54) is 24.3 Å². The Morgan fingerprint density at radius 1 is 1.07 bits per heavy atom. The van der Waals surface area contributed by atoms with Gasteiger partial charge in [-0.15, -0.1) is 0 Å². The van der Waals surface area contributed by atoms with Crippen LogP contribution < -0.4 is 15.2 Å². The SMILES string of the molecule is Nc1nccc(-c2cccnc2Oc2cc(F)c(NSC3CCCC3)c(F)c2F)n1. The van der Waals surface area contributed by atoms with Gasteiger partial charge in [0.1, 0.15) is 5.69 Å². The second-order valence-electron chi connectivity index (χ2n) is 6.74. The molecule has 3 aromatic rings. The molecule has 30 heavy (non-hydrogen) atoms. The summed E-state index contributed by atoms with van der Waals surface area (Å²) in [5, 5.41) is 0.249. The van der Waals surface area contributed by atoms with Crippen LogP contribution in [0.5, 0.6) is 11.6 Å². The van der Waals surface area contributed by atoms with Crippen molar-refractivity contribution in [3.63, 3.8) is 0 Å². The lowest BCUT2D eigenvalue weighted by Crippen LogP contribution is -2.05. The minimum absolute atomic E-state index is 0.0285. The van der Waals surface area contributed by atoms with Crippen molar-refractivity contribution in [3.8, 4) is 22.9 Å². The second kappa shape index (κ2) is 8.78. The lowest BCUT2D eigenvalue weighted by atomic mass is 10.2. The molecule has 2 aromatic heterocycles. The van der Waals surface area contributed by atoms with Crippen molar-refractivity contribution >= 4 is 23.6 Å². The molecule has 10 heteroatoms. The molecule has 0 unspecified atom stereocenters. The molecule has 0 aliphatic heterocycles. The third kappa shape index (κ3) is 4.28. The molecule has 1 aliphatic rings. The molecule has 1 fully saturated rings. The number of hydrogen-bond acceptors (Lipinski definition) is 7. The predicted octanol–water partition coefficient (Wildman–Crippen LogP) is 5.33. The maximum atomic E-state index is 14.6. The van der Waals surface area contributed by atoms with E-state index in [1.54, 1.807) is 18.2 Å². The number of nitrogens with zero attached hydrogens (tertiary/aromatic N) is 3. The average molecular weight is 433 g/mol. The van der Waals surface area contributed by atoms with Gasteiger partial charge < -0.3 is 15.2 Å². The van der Waals surface area contributed by atoms with Crippen LogP contribution in [-0.4, -0.2) is 20.2 Å². The number of pyridine rings is 1. The van der Waals surface area contributed by atoms with Crippen LogP contribution in [-0.2, 0) is 0 Å². The standard InChI is InChI=1S/C20H18F3N5OS/c21-13-10-15(16(22)17(23)18(13)28-30-11-4-1-2-5-11)29-19-12(6-3-8-25-19)14-7-9-26-20(24)27-14/h3,6-11,28H,1-2,4-5H2,(H2,24,26,27). The molecule has 1 aliphatic carbocycles. The Bertz CT molecular complexity index is 1060. The highest BCUT2D eigenvalue weighted by Gasteiger charge is 2.24. The first-order chi connectivity index (χ1) is 14.5. The highest BCUT2D eigenvalue weighted by molar-refractivity contribution is 8.01. The van der Waals surface area contributed by atoms with Crippen LogP contribution in [0, 0.1) is 17.5 Å². The van der Waals surface area contributed by atoms with Crippen LogP contribution in [0.15, 0.2) is 36.7 Å². The molecule has 1 aromatic carbocycles. The number of benzene rings is 1. The molecule has 0 radical (unpaired) electrons. The van der Waals surface area contributed by atoms with Crippen LogP contribution in [0.25, 0.3) is 11.3 Å². The van der Waals surface area contributed by atoms with Gasteiger partial charge in [0.05, 0.1) is 11.3 Å². The summed E-state index contributed by atoms with van der Waals surface area (Å²) >= 11 is 1.21. The number of nitrogen functional groups attached to an aromatic ring is 1. The maximum absolute atomic E-state index is 14.6. The molecule has 0 bridgehead atoms. The zero-order chi connectivity index (χ0) is 21.1. The van der Waals surface area contributed by atoms with E-state index in [4.69, 9.17) is 10.5 Å². The van der Waals surface area contributed by atoms with Gasteiger partial charge in [-0.3, -0.25) is 0 Å². The number of aromatic nitrogens is 3. The van der Waals surface area contributed by atoms with E-state index in [0.29, 0.717) is 11.3 Å². The topological polar surface area (TPSA) is 86.0 Å². The van der Waals surface area contributed by atoms with Crippen LogP contribution >= 0.6 is 11.9 Å². The Morgan fingerprint density at radius 2 is 1.87 bits per heavy atom. The van der Waals surface area contributed by atoms with Gasteiger partial charge in [0.15, 0.2) is 17.4 Å². The monoisotopic (exact) mass is 433 g/mol. The first kappa shape index (κ1) is 20.3. The van der Waals surface area contributed by atoms with Gasteiger partial charge in [0, 0.05) is 23.7 Å². The van der Waals surface area contributed by atoms with Gasteiger partial charge >= 0.3 is 0 Å². The van der Waals surface area contributed by atoms with Crippen molar-refractivity contribution in [1.82, 2.24) is 15.0 Å². The van der Waals surface area contributed by atoms with Crippen molar-refractivity contribution < 1.29 is 17.9 Å². The van der Waals surface area contributed by atoms with Crippen LogP contribution in [0.2, 0.25) is 0 Å². The maximum Gasteiger partial charge on any atom is 0.228 e. The zero-order valence-corrected chi connectivity index (χ0v) is 16.6. The molecular formula is C20H18F3N5OS. The molecule has 0 spiro atoms. The summed E-state index contributed by atoms with van der Waals surface area (Å²) in [4.78, 5) is 11.9. The molecule has 0 amide bonds. The van der Waals surface area contributed by atoms with Gasteiger partial charge in [-0.25, -0.2) is 23.7 Å². The van der Waals surface area contributed by atoms with Crippen LogP contribution in [0.4, 0.5) is 24.8 Å². The number of halogens is 3. The van der Waals surface area contributed by atoms with E-state index in [2.05, 4.69) is 19.7 Å². The Morgan fingerprint density at radius 3 is 2.63 bits per heavy atom. The lowest BCUT2D eigenvalue weighted by Gasteiger charge is -2.15. The van der Waals surface area contributed by atoms with Crippen molar-refractivity contribution in [2.75, 3.05) is 10.5 Å². The number of anilines is 2. The number of nitrogens with two attached hydrogens (primary N) is 1. The normalized spacial score (nSPS) is 14.1. The van der Waals surface area contributed by atoms with E-state index < -0.39 is 28.9 Å². The van der Waals surface area contributed by atoms with Crippen molar-refractivity contribution in [2.24, 2.45) is 0 Å². The fraction of sp³-hybridized carbons (Fsp3) is 0.250. The second-order valence-corrected chi connectivity index (χ2v) is 7.85. The fourth-order valence-corrected chi connectivity index (χ4v) is 4.23. The minimum Gasteiger partial charge on any atom is -0.435 e. The number of rotatable bonds is 6. The Balaban J connectivity index is 1.61. The largest absolute Gasteiger partial charge is 0.435 e. The number of hydrogen-bond donors (Lipinski definition) is 2. The zero-order valence-electron chi connectivity index (χ0n) is 15.7. The van der Waals surface area contributed by atoms with Gasteiger partial charge in [0.2, 0.25) is 17.6 Å². The first-order valence-corrected chi connectivity index (χ1v) is 10.2.